The number of methoxy groups -OCH3 is 2. The number of aromatic nitrogens is 4. The number of allylic oxidation sites excluding steroid dienone is 1. The number of aryl methyl sites for hydroxylation is 1. The molecule has 0 spiro atoms. The number of nitro groups is 1. The summed E-state index contributed by atoms with van der Waals surface area (Å²) in [7, 11) is 10.9. The lowest BCUT2D eigenvalue weighted by atomic mass is 10.0. The lowest BCUT2D eigenvalue weighted by Crippen LogP contribution is -2.28. The van der Waals surface area contributed by atoms with Gasteiger partial charge in [-0.25, -0.2) is 9.97 Å². The molecule has 0 aliphatic heterocycles. The van der Waals surface area contributed by atoms with Crippen LogP contribution in [0.3, 0.4) is 0 Å². The van der Waals surface area contributed by atoms with Crippen LogP contribution in [0.5, 0.6) is 5.75 Å². The molecule has 1 aromatic carbocycles. The van der Waals surface area contributed by atoms with Crippen molar-refractivity contribution in [2.75, 3.05) is 58.7 Å². The molecule has 2 aromatic heterocycles. The number of hydrogen-bond acceptors (Lipinski definition) is 10. The van der Waals surface area contributed by atoms with Crippen molar-refractivity contribution in [3.05, 3.63) is 51.8 Å². The quantitative estimate of drug-likeness (QED) is 0.198. The first-order valence-corrected chi connectivity index (χ1v) is 12.6. The maximum atomic E-state index is 12.0. The molecule has 3 aromatic rings. The van der Waals surface area contributed by atoms with E-state index in [0.29, 0.717) is 29.5 Å². The van der Waals surface area contributed by atoms with Gasteiger partial charge in [0.15, 0.2) is 5.82 Å². The van der Waals surface area contributed by atoms with Crippen molar-refractivity contribution >= 4 is 29.1 Å². The van der Waals surface area contributed by atoms with Gasteiger partial charge < -0.3 is 29.2 Å². The molecule has 210 valence electrons. The summed E-state index contributed by atoms with van der Waals surface area (Å²) >= 11 is 0. The van der Waals surface area contributed by atoms with Crippen LogP contribution in [-0.2, 0) is 11.8 Å². The number of anilines is 3. The molecule has 0 radical (unpaired) electrons. The van der Waals surface area contributed by atoms with Gasteiger partial charge in [0.25, 0.3) is 5.69 Å². The molecule has 0 amide bonds. The Morgan fingerprint density at radius 2 is 1.92 bits per heavy atom. The summed E-state index contributed by atoms with van der Waals surface area (Å²) in [5.41, 5.74) is 3.66. The largest absolute Gasteiger partial charge is 0.501 e. The van der Waals surface area contributed by atoms with E-state index in [1.54, 1.807) is 13.2 Å². The first-order valence-electron chi connectivity index (χ1n) is 12.6. The summed E-state index contributed by atoms with van der Waals surface area (Å²) < 4.78 is 13.1. The van der Waals surface area contributed by atoms with E-state index in [2.05, 4.69) is 38.7 Å². The molecule has 0 aliphatic carbocycles. The fourth-order valence-electron chi connectivity index (χ4n) is 4.32. The van der Waals surface area contributed by atoms with Crippen LogP contribution in [0.1, 0.15) is 37.9 Å². The number of ether oxygens (including phenoxy) is 2. The van der Waals surface area contributed by atoms with Gasteiger partial charge in [-0.15, -0.1) is 0 Å². The maximum Gasteiger partial charge on any atom is 0.294 e. The average Bonchev–Trinajstić information content (AvgIpc) is 3.22. The minimum atomic E-state index is -0.404. The van der Waals surface area contributed by atoms with Crippen molar-refractivity contribution in [2.24, 2.45) is 7.05 Å². The van der Waals surface area contributed by atoms with E-state index >= 15 is 0 Å². The van der Waals surface area contributed by atoms with E-state index in [-0.39, 0.29) is 17.6 Å². The van der Waals surface area contributed by atoms with Gasteiger partial charge in [-0.3, -0.25) is 10.1 Å². The lowest BCUT2D eigenvalue weighted by molar-refractivity contribution is -0.384. The molecular formula is C27H38N8O4. The number of benzene rings is 1. The van der Waals surface area contributed by atoms with Crippen LogP contribution in [0.2, 0.25) is 0 Å². The van der Waals surface area contributed by atoms with E-state index in [0.717, 1.165) is 29.1 Å². The van der Waals surface area contributed by atoms with Crippen LogP contribution in [0.15, 0.2) is 30.4 Å². The second-order valence-electron chi connectivity index (χ2n) is 9.85. The molecule has 0 fully saturated rings. The van der Waals surface area contributed by atoms with Crippen LogP contribution in [-0.4, -0.2) is 77.8 Å². The molecule has 39 heavy (non-hydrogen) atoms. The second kappa shape index (κ2) is 12.6. The minimum absolute atomic E-state index is 0.0547. The molecule has 0 unspecified atom stereocenters. The van der Waals surface area contributed by atoms with Crippen molar-refractivity contribution in [2.45, 2.75) is 26.7 Å². The predicted molar refractivity (Wildman–Crippen MR) is 154 cm³/mol. The number of hydrogen-bond donors (Lipinski definition) is 1. The Labute approximate surface area is 229 Å². The third-order valence-corrected chi connectivity index (χ3v) is 6.33. The number of nitrogens with one attached hydrogen (secondary N) is 1. The van der Waals surface area contributed by atoms with Crippen molar-refractivity contribution in [3.63, 3.8) is 0 Å². The molecule has 0 saturated carbocycles. The Kier molecular flexibility index (Phi) is 9.47. The van der Waals surface area contributed by atoms with E-state index in [4.69, 9.17) is 9.47 Å². The number of likely N-dealkylation sites (N-methyl/N-ethyl adjacent to an activating group) is 2. The summed E-state index contributed by atoms with van der Waals surface area (Å²) in [4.78, 5) is 28.8. The highest BCUT2D eigenvalue weighted by molar-refractivity contribution is 5.78. The molecule has 2 heterocycles. The zero-order valence-electron chi connectivity index (χ0n) is 24.1. The van der Waals surface area contributed by atoms with Gasteiger partial charge in [0.05, 0.1) is 30.6 Å². The Morgan fingerprint density at radius 3 is 2.51 bits per heavy atom. The van der Waals surface area contributed by atoms with Gasteiger partial charge in [0, 0.05) is 62.3 Å². The Morgan fingerprint density at radius 1 is 1.21 bits per heavy atom. The first kappa shape index (κ1) is 29.4. The fourth-order valence-corrected chi connectivity index (χ4v) is 4.32. The van der Waals surface area contributed by atoms with Crippen LogP contribution < -0.4 is 15.0 Å². The Hall–Kier alpha value is -4.19. The van der Waals surface area contributed by atoms with Gasteiger partial charge in [-0.05, 0) is 33.0 Å². The Balaban J connectivity index is 2.05. The molecule has 0 atom stereocenters. The third-order valence-electron chi connectivity index (χ3n) is 6.33. The predicted octanol–water partition coefficient (Wildman–Crippen LogP) is 4.67. The summed E-state index contributed by atoms with van der Waals surface area (Å²) in [5.74, 6) is 2.12. The summed E-state index contributed by atoms with van der Waals surface area (Å²) in [5, 5.41) is 15.1. The van der Waals surface area contributed by atoms with Gasteiger partial charge >= 0.3 is 0 Å². The molecule has 12 heteroatoms. The number of rotatable bonds is 12. The molecule has 0 saturated heterocycles. The normalized spacial score (nSPS) is 11.7. The maximum absolute atomic E-state index is 12.0. The van der Waals surface area contributed by atoms with E-state index in [9.17, 15) is 10.1 Å². The molecule has 12 nitrogen and oxygen atoms in total. The molecular weight excluding hydrogens is 500 g/mol. The number of nitro benzene ring substituents is 1. The summed E-state index contributed by atoms with van der Waals surface area (Å²) in [6, 6.07) is 3.10. The summed E-state index contributed by atoms with van der Waals surface area (Å²) in [6.07, 6.45) is 5.36. The fraction of sp³-hybridized carbons (Fsp3) is 0.444. The van der Waals surface area contributed by atoms with E-state index in [1.807, 2.05) is 57.2 Å². The van der Waals surface area contributed by atoms with E-state index in [1.165, 1.54) is 19.5 Å². The zero-order valence-corrected chi connectivity index (χ0v) is 24.1. The van der Waals surface area contributed by atoms with Crippen molar-refractivity contribution in [1.29, 1.82) is 0 Å². The first-order chi connectivity index (χ1) is 18.5. The SMILES string of the molecule is CO/C(C)=C/c1c(-c2ncnc(Nc3cc([N+](=O)[O-])c(N(C)CCN(C)C)cc3OC)n2)cn(C)c1C(C)C. The van der Waals surface area contributed by atoms with Crippen LogP contribution in [0, 0.1) is 10.1 Å². The average molecular weight is 539 g/mol. The van der Waals surface area contributed by atoms with Crippen molar-refractivity contribution < 1.29 is 14.4 Å². The second-order valence-corrected chi connectivity index (χ2v) is 9.85. The van der Waals surface area contributed by atoms with Crippen molar-refractivity contribution in [1.82, 2.24) is 24.4 Å². The van der Waals surface area contributed by atoms with Gasteiger partial charge in [0.1, 0.15) is 17.8 Å². The molecule has 1 N–H and O–H groups in total. The smallest absolute Gasteiger partial charge is 0.294 e. The lowest BCUT2D eigenvalue weighted by Gasteiger charge is -2.22. The van der Waals surface area contributed by atoms with Crippen LogP contribution in [0.4, 0.5) is 23.0 Å². The third kappa shape index (κ3) is 6.82. The summed E-state index contributed by atoms with van der Waals surface area (Å²) in [6.45, 7) is 7.49. The van der Waals surface area contributed by atoms with Crippen LogP contribution >= 0.6 is 0 Å². The van der Waals surface area contributed by atoms with Gasteiger partial charge in [-0.2, -0.15) is 4.98 Å². The van der Waals surface area contributed by atoms with Crippen molar-refractivity contribution in [3.8, 4) is 17.1 Å². The standard InChI is InChI=1S/C27H38N8O4/c1-17(2)25-19(12-18(3)38-8)20(15-34(25)7)26-28-16-29-27(31-26)30-21-13-23(35(36)37)22(14-24(21)39-9)33(6)11-10-32(4)5/h12-17H,10-11H2,1-9H3,(H,28,29,30,31)/b18-12+. The van der Waals surface area contributed by atoms with Gasteiger partial charge in [0.2, 0.25) is 5.95 Å². The Bertz CT molecular complexity index is 1350. The molecule has 0 bridgehead atoms. The highest BCUT2D eigenvalue weighted by atomic mass is 16.6. The van der Waals surface area contributed by atoms with Crippen LogP contribution in [0.25, 0.3) is 17.5 Å². The monoisotopic (exact) mass is 538 g/mol. The molecule has 0 aliphatic rings. The van der Waals surface area contributed by atoms with Gasteiger partial charge in [-0.1, -0.05) is 13.8 Å². The van der Waals surface area contributed by atoms with E-state index < -0.39 is 4.92 Å². The highest BCUT2D eigenvalue weighted by Crippen LogP contribution is 2.39. The highest BCUT2D eigenvalue weighted by Gasteiger charge is 2.23. The topological polar surface area (TPSA) is 124 Å². The zero-order chi connectivity index (χ0) is 28.9. The minimum Gasteiger partial charge on any atom is -0.501 e. The number of nitrogens with zero attached hydrogens (tertiary/aromatic N) is 7. The molecule has 3 rings (SSSR count).